The smallest absolute Gasteiger partial charge is 0.357 e. The van der Waals surface area contributed by atoms with Crippen molar-refractivity contribution >= 4 is 16.7 Å². The summed E-state index contributed by atoms with van der Waals surface area (Å²) < 4.78 is 40.3. The predicted octanol–water partition coefficient (Wildman–Crippen LogP) is 2.45. The van der Waals surface area contributed by atoms with E-state index < -0.39 is 12.0 Å². The molecule has 102 valence electrons. The van der Waals surface area contributed by atoms with Gasteiger partial charge in [-0.3, -0.25) is 0 Å². The number of nitrogens with one attached hydrogen (secondary N) is 1. The molecule has 2 rings (SSSR count). The molecule has 18 heavy (non-hydrogen) atoms. The van der Waals surface area contributed by atoms with E-state index in [9.17, 15) is 13.2 Å². The zero-order valence-electron chi connectivity index (χ0n) is 10.2. The van der Waals surface area contributed by atoms with Gasteiger partial charge in [-0.15, -0.1) is 0 Å². The third kappa shape index (κ3) is 3.11. The number of aromatic nitrogens is 2. The number of piperidine rings is 1. The highest BCUT2D eigenvalue weighted by Crippen LogP contribution is 2.29. The van der Waals surface area contributed by atoms with Crippen LogP contribution in [-0.4, -0.2) is 39.9 Å². The molecule has 2 atom stereocenters. The van der Waals surface area contributed by atoms with Crippen molar-refractivity contribution in [2.24, 2.45) is 0 Å². The molecule has 2 heterocycles. The number of likely N-dealkylation sites (tertiary alicyclic amines) is 1. The Morgan fingerprint density at radius 1 is 1.44 bits per heavy atom. The van der Waals surface area contributed by atoms with Crippen LogP contribution in [0.2, 0.25) is 0 Å². The summed E-state index contributed by atoms with van der Waals surface area (Å²) in [6.45, 7) is 3.04. The maximum absolute atomic E-state index is 12.3. The lowest BCUT2D eigenvalue weighted by molar-refractivity contribution is -0.144. The largest absolute Gasteiger partial charge is 0.452 e. The fourth-order valence-electron chi connectivity index (χ4n) is 1.99. The molecule has 1 aromatic heterocycles. The molecule has 1 N–H and O–H groups in total. The monoisotopic (exact) mass is 280 g/mol. The predicted molar refractivity (Wildman–Crippen MR) is 63.6 cm³/mol. The maximum atomic E-state index is 12.3. The SMILES string of the molecule is CC1CC(Nc2nc(C(F)(F)F)ns2)CCN1C. The Morgan fingerprint density at radius 2 is 2.17 bits per heavy atom. The van der Waals surface area contributed by atoms with E-state index in [1.165, 1.54) is 0 Å². The molecule has 8 heteroatoms. The van der Waals surface area contributed by atoms with E-state index in [1.54, 1.807) is 0 Å². The Kier molecular flexibility index (Phi) is 3.76. The molecule has 1 saturated heterocycles. The molecular formula is C10H15F3N4S. The molecule has 4 nitrogen and oxygen atoms in total. The lowest BCUT2D eigenvalue weighted by Crippen LogP contribution is -2.42. The number of rotatable bonds is 2. The molecule has 0 saturated carbocycles. The molecule has 0 bridgehead atoms. The quantitative estimate of drug-likeness (QED) is 0.903. The van der Waals surface area contributed by atoms with Crippen LogP contribution >= 0.6 is 11.5 Å². The van der Waals surface area contributed by atoms with Crippen LogP contribution in [0.3, 0.4) is 0 Å². The van der Waals surface area contributed by atoms with Crippen LogP contribution in [0.5, 0.6) is 0 Å². The van der Waals surface area contributed by atoms with Gasteiger partial charge in [-0.05, 0) is 26.8 Å². The minimum absolute atomic E-state index is 0.172. The van der Waals surface area contributed by atoms with Gasteiger partial charge < -0.3 is 10.2 Å². The highest BCUT2D eigenvalue weighted by molar-refractivity contribution is 7.09. The second kappa shape index (κ2) is 5.00. The molecule has 1 fully saturated rings. The molecular weight excluding hydrogens is 265 g/mol. The molecule has 0 spiro atoms. The minimum atomic E-state index is -4.46. The van der Waals surface area contributed by atoms with Gasteiger partial charge in [0.05, 0.1) is 0 Å². The second-order valence-electron chi connectivity index (χ2n) is 4.62. The third-order valence-electron chi connectivity index (χ3n) is 3.22. The fourth-order valence-corrected chi connectivity index (χ4v) is 2.66. The Labute approximate surface area is 107 Å². The Balaban J connectivity index is 1.96. The van der Waals surface area contributed by atoms with E-state index in [2.05, 4.69) is 26.5 Å². The lowest BCUT2D eigenvalue weighted by atomic mass is 9.99. The van der Waals surface area contributed by atoms with Crippen LogP contribution in [0.15, 0.2) is 0 Å². The van der Waals surface area contributed by atoms with Crippen LogP contribution < -0.4 is 5.32 Å². The summed E-state index contributed by atoms with van der Waals surface area (Å²) in [7, 11) is 2.05. The topological polar surface area (TPSA) is 41.1 Å². The van der Waals surface area contributed by atoms with Crippen molar-refractivity contribution < 1.29 is 13.2 Å². The van der Waals surface area contributed by atoms with Crippen LogP contribution in [0.1, 0.15) is 25.6 Å². The van der Waals surface area contributed by atoms with Gasteiger partial charge in [0.15, 0.2) is 0 Å². The van der Waals surface area contributed by atoms with Crippen molar-refractivity contribution in [1.29, 1.82) is 0 Å². The number of nitrogens with zero attached hydrogens (tertiary/aromatic N) is 3. The molecule has 0 aliphatic carbocycles. The van der Waals surface area contributed by atoms with E-state index in [1.807, 2.05) is 7.05 Å². The standard InChI is InChI=1S/C10H15F3N4S/c1-6-5-7(3-4-17(6)2)14-9-15-8(16-18-9)10(11,12)13/h6-7H,3-5H2,1-2H3,(H,14,15,16). The zero-order valence-corrected chi connectivity index (χ0v) is 11.0. The van der Waals surface area contributed by atoms with Crippen LogP contribution in [0.25, 0.3) is 0 Å². The number of anilines is 1. The van der Waals surface area contributed by atoms with Crippen molar-refractivity contribution in [3.63, 3.8) is 0 Å². The Hall–Kier alpha value is -0.890. The second-order valence-corrected chi connectivity index (χ2v) is 5.37. The van der Waals surface area contributed by atoms with Crippen molar-refractivity contribution in [2.45, 2.75) is 38.0 Å². The van der Waals surface area contributed by atoms with E-state index >= 15 is 0 Å². The molecule has 1 aliphatic rings. The summed E-state index contributed by atoms with van der Waals surface area (Å²) in [6, 6.07) is 0.594. The summed E-state index contributed by atoms with van der Waals surface area (Å²) >= 11 is 0.766. The summed E-state index contributed by atoms with van der Waals surface area (Å²) in [5.41, 5.74) is 0. The van der Waals surface area contributed by atoms with Crippen molar-refractivity contribution in [1.82, 2.24) is 14.3 Å². The molecule has 1 aromatic rings. The summed E-state index contributed by atoms with van der Waals surface area (Å²) in [5, 5.41) is 3.30. The first-order valence-corrected chi connectivity index (χ1v) is 6.51. The van der Waals surface area contributed by atoms with Gasteiger partial charge in [0.25, 0.3) is 0 Å². The van der Waals surface area contributed by atoms with Gasteiger partial charge in [-0.25, -0.2) is 0 Å². The highest BCUT2D eigenvalue weighted by Gasteiger charge is 2.36. The van der Waals surface area contributed by atoms with Crippen molar-refractivity contribution in [2.75, 3.05) is 18.9 Å². The zero-order chi connectivity index (χ0) is 13.3. The normalized spacial score (nSPS) is 26.3. The van der Waals surface area contributed by atoms with Crippen LogP contribution in [0.4, 0.5) is 18.3 Å². The van der Waals surface area contributed by atoms with Gasteiger partial charge >= 0.3 is 6.18 Å². The average molecular weight is 280 g/mol. The van der Waals surface area contributed by atoms with E-state index in [0.29, 0.717) is 6.04 Å². The molecule has 1 aliphatic heterocycles. The van der Waals surface area contributed by atoms with E-state index in [-0.39, 0.29) is 11.2 Å². The first kappa shape index (κ1) is 13.5. The minimum Gasteiger partial charge on any atom is -0.357 e. The van der Waals surface area contributed by atoms with Crippen molar-refractivity contribution in [3.8, 4) is 0 Å². The number of halogens is 3. The first-order valence-electron chi connectivity index (χ1n) is 5.74. The summed E-state index contributed by atoms with van der Waals surface area (Å²) in [6.07, 6.45) is -2.66. The van der Waals surface area contributed by atoms with E-state index in [4.69, 9.17) is 0 Å². The summed E-state index contributed by atoms with van der Waals surface area (Å²) in [4.78, 5) is 5.71. The van der Waals surface area contributed by atoms with Crippen LogP contribution in [0, 0.1) is 0 Å². The fraction of sp³-hybridized carbons (Fsp3) is 0.800. The van der Waals surface area contributed by atoms with E-state index in [0.717, 1.165) is 30.9 Å². The van der Waals surface area contributed by atoms with Gasteiger partial charge in [-0.1, -0.05) is 0 Å². The average Bonchev–Trinajstić information content (AvgIpc) is 2.72. The summed E-state index contributed by atoms with van der Waals surface area (Å²) in [5.74, 6) is -1.06. The molecule has 0 aromatic carbocycles. The van der Waals surface area contributed by atoms with Gasteiger partial charge in [0.2, 0.25) is 11.0 Å². The van der Waals surface area contributed by atoms with Crippen LogP contribution in [-0.2, 0) is 6.18 Å². The third-order valence-corrected chi connectivity index (χ3v) is 3.86. The number of hydrogen-bond acceptors (Lipinski definition) is 5. The maximum Gasteiger partial charge on any atom is 0.452 e. The highest BCUT2D eigenvalue weighted by atomic mass is 32.1. The van der Waals surface area contributed by atoms with Crippen molar-refractivity contribution in [3.05, 3.63) is 5.82 Å². The molecule has 0 radical (unpaired) electrons. The molecule has 0 amide bonds. The Bertz CT molecular complexity index is 406. The number of hydrogen-bond donors (Lipinski definition) is 1. The number of alkyl halides is 3. The van der Waals surface area contributed by atoms with Gasteiger partial charge in [0, 0.05) is 30.2 Å². The van der Waals surface area contributed by atoms with Gasteiger partial charge in [0.1, 0.15) is 0 Å². The molecule has 2 unspecified atom stereocenters. The first-order chi connectivity index (χ1) is 8.36. The lowest BCUT2D eigenvalue weighted by Gasteiger charge is -2.35. The Morgan fingerprint density at radius 3 is 2.72 bits per heavy atom. The van der Waals surface area contributed by atoms with Gasteiger partial charge in [-0.2, -0.15) is 22.5 Å².